The molecule has 3 aromatic rings. The average Bonchev–Trinajstić information content (AvgIpc) is 3.67. The number of para-hydroxylation sites is 1. The van der Waals surface area contributed by atoms with Crippen LogP contribution in [0.25, 0.3) is 10.9 Å². The van der Waals surface area contributed by atoms with Crippen molar-refractivity contribution in [3.8, 4) is 0 Å². The zero-order valence-corrected chi connectivity index (χ0v) is 25.4. The van der Waals surface area contributed by atoms with E-state index in [1.165, 1.54) is 0 Å². The normalized spacial score (nSPS) is 23.1. The fourth-order valence-corrected chi connectivity index (χ4v) is 6.63. The number of aliphatic hydroxyl groups excluding tert-OH is 1. The van der Waals surface area contributed by atoms with Crippen LogP contribution in [-0.4, -0.2) is 52.7 Å². The second-order valence-corrected chi connectivity index (χ2v) is 12.5. The molecule has 2 heterocycles. The Morgan fingerprint density at radius 1 is 0.955 bits per heavy atom. The number of aliphatic hydroxyl groups is 1. The zero-order valence-electron chi connectivity index (χ0n) is 25.4. The molecule has 8 heteroatoms. The fourth-order valence-electron chi connectivity index (χ4n) is 6.63. The summed E-state index contributed by atoms with van der Waals surface area (Å²) in [4.78, 5) is 43.7. The third-order valence-electron chi connectivity index (χ3n) is 9.15. The molecule has 0 spiro atoms. The van der Waals surface area contributed by atoms with E-state index in [4.69, 9.17) is 4.74 Å². The fraction of sp³-hybridized carbons (Fsp3) is 0.472. The van der Waals surface area contributed by atoms with Crippen molar-refractivity contribution in [1.82, 2.24) is 15.6 Å². The monoisotopic (exact) mass is 599 g/mol. The summed E-state index contributed by atoms with van der Waals surface area (Å²) in [5.41, 5.74) is 2.52. The van der Waals surface area contributed by atoms with Gasteiger partial charge < -0.3 is 25.5 Å². The third-order valence-corrected chi connectivity index (χ3v) is 9.15. The quantitative estimate of drug-likeness (QED) is 0.211. The molecule has 1 aliphatic heterocycles. The SMILES string of the molecule is O=C(C[C@H]1CC=CCCC[C@H](Cc2ccccc2)C(=O)OC[C@H](Cc2c[nH]c3ccccc23)NC1=O)NC1(CO)CCCC1. The van der Waals surface area contributed by atoms with E-state index in [1.807, 2.05) is 72.9 Å². The molecule has 0 unspecified atom stereocenters. The maximum atomic E-state index is 13.8. The summed E-state index contributed by atoms with van der Waals surface area (Å²) >= 11 is 0. The first-order valence-corrected chi connectivity index (χ1v) is 16.1. The number of carbonyl (C=O) groups is 3. The van der Waals surface area contributed by atoms with Crippen LogP contribution in [0.4, 0.5) is 0 Å². The number of fused-ring (bicyclic) bond motifs is 1. The first-order valence-electron chi connectivity index (χ1n) is 16.1. The zero-order chi connectivity index (χ0) is 30.8. The standard InChI is InChI=1S/C36H45N3O5/c40-25-36(18-10-11-19-36)39-33(41)22-27-14-6-1-2-7-15-28(20-26-12-4-3-5-13-26)35(43)44-24-30(38-34(27)42)21-29-23-37-32-17-9-8-16-31(29)32/h1,3-6,8-9,12-13,16-17,23,27-28,30,37,40H,2,7,10-11,14-15,18-22,24-25H2,(H,38,42)(H,39,41)/t27-,28-,30+/m1/s1. The minimum atomic E-state index is -0.590. The lowest BCUT2D eigenvalue weighted by Crippen LogP contribution is -2.50. The van der Waals surface area contributed by atoms with Crippen molar-refractivity contribution < 1.29 is 24.2 Å². The molecule has 2 amide bonds. The lowest BCUT2D eigenvalue weighted by Gasteiger charge is -2.29. The predicted octanol–water partition coefficient (Wildman–Crippen LogP) is 5.16. The van der Waals surface area contributed by atoms with Crippen molar-refractivity contribution >= 4 is 28.7 Å². The Hall–Kier alpha value is -3.91. The van der Waals surface area contributed by atoms with E-state index in [2.05, 4.69) is 15.6 Å². The smallest absolute Gasteiger partial charge is 0.309 e. The molecule has 1 fully saturated rings. The van der Waals surface area contributed by atoms with Crippen molar-refractivity contribution in [1.29, 1.82) is 0 Å². The number of allylic oxidation sites excluding steroid dienone is 2. The van der Waals surface area contributed by atoms with Crippen molar-refractivity contribution in [2.24, 2.45) is 11.8 Å². The number of nitrogens with one attached hydrogen (secondary N) is 3. The van der Waals surface area contributed by atoms with Gasteiger partial charge in [0.05, 0.1) is 30.0 Å². The summed E-state index contributed by atoms with van der Waals surface area (Å²) in [6.07, 6.45) is 13.2. The van der Waals surface area contributed by atoms with Gasteiger partial charge in [-0.05, 0) is 68.6 Å². The Kier molecular flexibility index (Phi) is 10.9. The lowest BCUT2D eigenvalue weighted by atomic mass is 9.93. The molecule has 0 saturated heterocycles. The van der Waals surface area contributed by atoms with E-state index in [1.54, 1.807) is 0 Å². The molecular formula is C36H45N3O5. The second kappa shape index (κ2) is 15.2. The van der Waals surface area contributed by atoms with Gasteiger partial charge in [0.25, 0.3) is 0 Å². The molecule has 44 heavy (non-hydrogen) atoms. The average molecular weight is 600 g/mol. The Morgan fingerprint density at radius 3 is 2.52 bits per heavy atom. The van der Waals surface area contributed by atoms with Crippen LogP contribution in [0.5, 0.6) is 0 Å². The van der Waals surface area contributed by atoms with E-state index in [0.29, 0.717) is 25.7 Å². The van der Waals surface area contributed by atoms with Crippen molar-refractivity contribution in [2.75, 3.05) is 13.2 Å². The molecule has 3 atom stereocenters. The number of hydrogen-bond donors (Lipinski definition) is 4. The number of aromatic nitrogens is 1. The van der Waals surface area contributed by atoms with E-state index in [9.17, 15) is 19.5 Å². The molecular weight excluding hydrogens is 554 g/mol. The van der Waals surface area contributed by atoms with Gasteiger partial charge in [-0.3, -0.25) is 14.4 Å². The highest BCUT2D eigenvalue weighted by Gasteiger charge is 2.36. The van der Waals surface area contributed by atoms with Gasteiger partial charge >= 0.3 is 5.97 Å². The first kappa shape index (κ1) is 31.5. The summed E-state index contributed by atoms with van der Waals surface area (Å²) in [6, 6.07) is 17.5. The number of rotatable bonds is 8. The van der Waals surface area contributed by atoms with Gasteiger partial charge in [-0.25, -0.2) is 0 Å². The van der Waals surface area contributed by atoms with E-state index >= 15 is 0 Å². The molecule has 4 N–H and O–H groups in total. The highest BCUT2D eigenvalue weighted by Crippen LogP contribution is 2.29. The van der Waals surface area contributed by atoms with Crippen molar-refractivity contribution in [3.63, 3.8) is 0 Å². The molecule has 1 saturated carbocycles. The van der Waals surface area contributed by atoms with Crippen LogP contribution < -0.4 is 10.6 Å². The molecule has 2 aromatic carbocycles. The number of hydrogen-bond acceptors (Lipinski definition) is 5. The Morgan fingerprint density at radius 2 is 1.73 bits per heavy atom. The third kappa shape index (κ3) is 8.38. The minimum absolute atomic E-state index is 0.0245. The van der Waals surface area contributed by atoms with Crippen LogP contribution in [0.2, 0.25) is 0 Å². The molecule has 1 aromatic heterocycles. The molecule has 0 bridgehead atoms. The molecule has 234 valence electrons. The van der Waals surface area contributed by atoms with Gasteiger partial charge in [0.1, 0.15) is 6.61 Å². The number of amides is 2. The first-order chi connectivity index (χ1) is 21.4. The number of esters is 1. The molecule has 5 rings (SSSR count). The van der Waals surface area contributed by atoms with Gasteiger partial charge in [-0.15, -0.1) is 0 Å². The molecule has 2 aliphatic rings. The Bertz CT molecular complexity index is 1430. The predicted molar refractivity (Wildman–Crippen MR) is 171 cm³/mol. The summed E-state index contributed by atoms with van der Waals surface area (Å²) in [5, 5.41) is 17.2. The van der Waals surface area contributed by atoms with Crippen LogP contribution in [-0.2, 0) is 32.0 Å². The van der Waals surface area contributed by atoms with Gasteiger partial charge in [0.2, 0.25) is 11.8 Å². The van der Waals surface area contributed by atoms with Crippen LogP contribution in [0.1, 0.15) is 68.9 Å². The number of carbonyl (C=O) groups excluding carboxylic acids is 3. The van der Waals surface area contributed by atoms with Crippen LogP contribution in [0.3, 0.4) is 0 Å². The van der Waals surface area contributed by atoms with E-state index < -0.39 is 17.5 Å². The van der Waals surface area contributed by atoms with Crippen LogP contribution >= 0.6 is 0 Å². The number of ether oxygens (including phenoxy) is 1. The highest BCUT2D eigenvalue weighted by atomic mass is 16.5. The molecule has 8 nitrogen and oxygen atoms in total. The Balaban J connectivity index is 1.34. The van der Waals surface area contributed by atoms with Crippen LogP contribution in [0, 0.1) is 11.8 Å². The maximum Gasteiger partial charge on any atom is 0.309 e. The summed E-state index contributed by atoms with van der Waals surface area (Å²) in [6.45, 7) is -0.0589. The minimum Gasteiger partial charge on any atom is -0.463 e. The second-order valence-electron chi connectivity index (χ2n) is 12.5. The van der Waals surface area contributed by atoms with Crippen molar-refractivity contribution in [3.05, 3.63) is 84.1 Å². The number of aromatic amines is 1. The van der Waals surface area contributed by atoms with Gasteiger partial charge in [0, 0.05) is 23.5 Å². The largest absolute Gasteiger partial charge is 0.463 e. The van der Waals surface area contributed by atoms with E-state index in [-0.39, 0.29) is 43.3 Å². The topological polar surface area (TPSA) is 121 Å². The molecule has 1 aliphatic carbocycles. The molecule has 0 radical (unpaired) electrons. The number of benzene rings is 2. The lowest BCUT2D eigenvalue weighted by molar-refractivity contribution is -0.150. The summed E-state index contributed by atoms with van der Waals surface area (Å²) < 4.78 is 5.94. The van der Waals surface area contributed by atoms with Gasteiger partial charge in [0.15, 0.2) is 0 Å². The summed E-state index contributed by atoms with van der Waals surface area (Å²) in [5.74, 6) is -1.58. The highest BCUT2D eigenvalue weighted by molar-refractivity contribution is 5.87. The maximum absolute atomic E-state index is 13.8. The van der Waals surface area contributed by atoms with E-state index in [0.717, 1.165) is 60.6 Å². The number of H-pyrrole nitrogens is 1. The summed E-state index contributed by atoms with van der Waals surface area (Å²) in [7, 11) is 0. The Labute approximate surface area is 259 Å². The van der Waals surface area contributed by atoms with Gasteiger partial charge in [-0.2, -0.15) is 0 Å². The number of cyclic esters (lactones) is 1. The van der Waals surface area contributed by atoms with Crippen LogP contribution in [0.15, 0.2) is 72.9 Å². The van der Waals surface area contributed by atoms with Gasteiger partial charge in [-0.1, -0.05) is 73.5 Å². The van der Waals surface area contributed by atoms with Crippen molar-refractivity contribution in [2.45, 2.75) is 82.2 Å².